The average molecular weight is 260 g/mol. The Labute approximate surface area is 112 Å². The van der Waals surface area contributed by atoms with Gasteiger partial charge in [-0.25, -0.2) is 0 Å². The predicted octanol–water partition coefficient (Wildman–Crippen LogP) is 1.55. The largest absolute Gasteiger partial charge is 0.481 e. The summed E-state index contributed by atoms with van der Waals surface area (Å²) in [5, 5.41) is 18.0. The molecule has 100 valence electrons. The monoisotopic (exact) mass is 260 g/mol. The molecular formula is C14H16N2O3. The van der Waals surface area contributed by atoms with Crippen molar-refractivity contribution >= 4 is 11.7 Å². The number of aryl methyl sites for hydroxylation is 1. The maximum Gasteiger partial charge on any atom is 0.306 e. The highest BCUT2D eigenvalue weighted by molar-refractivity contribution is 5.68. The third-order valence-electron chi connectivity index (χ3n) is 3.16. The highest BCUT2D eigenvalue weighted by Crippen LogP contribution is 2.24. The van der Waals surface area contributed by atoms with E-state index >= 15 is 0 Å². The number of ether oxygens (including phenoxy) is 1. The summed E-state index contributed by atoms with van der Waals surface area (Å²) in [6, 6.07) is 7.83. The second-order valence-electron chi connectivity index (χ2n) is 4.67. The minimum atomic E-state index is -0.864. The lowest BCUT2D eigenvalue weighted by Crippen LogP contribution is -2.43. The Balaban J connectivity index is 2.19. The maximum atomic E-state index is 10.7. The van der Waals surface area contributed by atoms with Crippen LogP contribution in [-0.2, 0) is 9.53 Å². The number of benzene rings is 1. The SMILES string of the molecule is Cc1ccc(C#N)c(N2CCOC(CC(=O)O)C2)c1. The molecule has 1 fully saturated rings. The highest BCUT2D eigenvalue weighted by atomic mass is 16.5. The number of hydrogen-bond acceptors (Lipinski definition) is 4. The van der Waals surface area contributed by atoms with Crippen molar-refractivity contribution in [3.63, 3.8) is 0 Å². The Morgan fingerprint density at radius 1 is 1.63 bits per heavy atom. The van der Waals surface area contributed by atoms with Crippen LogP contribution in [0.4, 0.5) is 5.69 Å². The van der Waals surface area contributed by atoms with E-state index in [4.69, 9.17) is 15.1 Å². The van der Waals surface area contributed by atoms with Crippen LogP contribution in [-0.4, -0.2) is 36.9 Å². The first-order valence-corrected chi connectivity index (χ1v) is 6.19. The molecule has 1 aliphatic rings. The number of rotatable bonds is 3. The summed E-state index contributed by atoms with van der Waals surface area (Å²) in [7, 11) is 0. The molecule has 0 radical (unpaired) electrons. The molecule has 1 aliphatic heterocycles. The van der Waals surface area contributed by atoms with Crippen LogP contribution in [0.2, 0.25) is 0 Å². The molecule has 5 nitrogen and oxygen atoms in total. The number of hydrogen-bond donors (Lipinski definition) is 1. The zero-order valence-corrected chi connectivity index (χ0v) is 10.8. The molecule has 0 amide bonds. The van der Waals surface area contributed by atoms with E-state index in [9.17, 15) is 4.79 Å². The molecule has 2 rings (SSSR count). The van der Waals surface area contributed by atoms with Crippen LogP contribution in [0.15, 0.2) is 18.2 Å². The Kier molecular flexibility index (Phi) is 4.03. The lowest BCUT2D eigenvalue weighted by molar-refractivity contribution is -0.140. The van der Waals surface area contributed by atoms with Gasteiger partial charge in [-0.2, -0.15) is 5.26 Å². The molecule has 1 atom stereocenters. The standard InChI is InChI=1S/C14H16N2O3/c1-10-2-3-11(8-15)13(6-10)16-4-5-19-12(9-16)7-14(17)18/h2-3,6,12H,4-5,7,9H2,1H3,(H,17,18). The van der Waals surface area contributed by atoms with E-state index < -0.39 is 5.97 Å². The summed E-state index contributed by atoms with van der Waals surface area (Å²) in [5.74, 6) is -0.864. The first-order valence-electron chi connectivity index (χ1n) is 6.19. The van der Waals surface area contributed by atoms with Gasteiger partial charge in [0.15, 0.2) is 0 Å². The molecule has 0 aromatic heterocycles. The Bertz CT molecular complexity index is 522. The van der Waals surface area contributed by atoms with Crippen LogP contribution in [0.1, 0.15) is 17.5 Å². The number of aliphatic carboxylic acids is 1. The molecule has 1 saturated heterocycles. The summed E-state index contributed by atoms with van der Waals surface area (Å²) in [6.07, 6.45) is -0.331. The molecule has 0 bridgehead atoms. The number of carboxylic acids is 1. The van der Waals surface area contributed by atoms with Gasteiger partial charge < -0.3 is 14.7 Å². The van der Waals surface area contributed by atoms with Crippen LogP contribution in [0.5, 0.6) is 0 Å². The van der Waals surface area contributed by atoms with Crippen molar-refractivity contribution in [3.05, 3.63) is 29.3 Å². The summed E-state index contributed by atoms with van der Waals surface area (Å²) in [5.41, 5.74) is 2.55. The number of morpholine rings is 1. The zero-order valence-electron chi connectivity index (χ0n) is 10.8. The maximum absolute atomic E-state index is 10.7. The highest BCUT2D eigenvalue weighted by Gasteiger charge is 2.24. The lowest BCUT2D eigenvalue weighted by Gasteiger charge is -2.34. The fraction of sp³-hybridized carbons (Fsp3) is 0.429. The summed E-state index contributed by atoms with van der Waals surface area (Å²) in [4.78, 5) is 12.8. The average Bonchev–Trinajstić information content (AvgIpc) is 2.38. The fourth-order valence-corrected chi connectivity index (χ4v) is 2.25. The Morgan fingerprint density at radius 2 is 2.42 bits per heavy atom. The molecular weight excluding hydrogens is 244 g/mol. The molecule has 1 aromatic carbocycles. The molecule has 1 unspecified atom stereocenters. The van der Waals surface area contributed by atoms with Gasteiger partial charge in [-0.05, 0) is 24.6 Å². The van der Waals surface area contributed by atoms with E-state index in [-0.39, 0.29) is 12.5 Å². The molecule has 0 spiro atoms. The molecule has 1 N–H and O–H groups in total. The molecule has 19 heavy (non-hydrogen) atoms. The van der Waals surface area contributed by atoms with E-state index in [0.29, 0.717) is 25.3 Å². The van der Waals surface area contributed by atoms with Gasteiger partial charge in [-0.15, -0.1) is 0 Å². The van der Waals surface area contributed by atoms with Crippen LogP contribution >= 0.6 is 0 Å². The van der Waals surface area contributed by atoms with E-state index in [0.717, 1.165) is 11.3 Å². The molecule has 0 saturated carbocycles. The molecule has 0 aliphatic carbocycles. The van der Waals surface area contributed by atoms with Crippen LogP contribution in [0, 0.1) is 18.3 Å². The third kappa shape index (κ3) is 3.24. The van der Waals surface area contributed by atoms with Gasteiger partial charge in [-0.1, -0.05) is 6.07 Å². The van der Waals surface area contributed by atoms with Crippen molar-refractivity contribution in [2.45, 2.75) is 19.4 Å². The number of nitriles is 1. The van der Waals surface area contributed by atoms with Crippen molar-refractivity contribution in [1.29, 1.82) is 5.26 Å². The summed E-state index contributed by atoms with van der Waals surface area (Å²) >= 11 is 0. The Morgan fingerprint density at radius 3 is 3.11 bits per heavy atom. The van der Waals surface area contributed by atoms with E-state index in [2.05, 4.69) is 6.07 Å². The summed E-state index contributed by atoms with van der Waals surface area (Å²) < 4.78 is 5.44. The topological polar surface area (TPSA) is 73.6 Å². The number of carboxylic acid groups (broad SMARTS) is 1. The van der Waals surface area contributed by atoms with Crippen molar-refractivity contribution in [3.8, 4) is 6.07 Å². The second kappa shape index (κ2) is 5.72. The quantitative estimate of drug-likeness (QED) is 0.892. The van der Waals surface area contributed by atoms with Gasteiger partial charge in [0.05, 0.1) is 30.4 Å². The first-order chi connectivity index (χ1) is 9.10. The van der Waals surface area contributed by atoms with Crippen LogP contribution < -0.4 is 4.90 Å². The van der Waals surface area contributed by atoms with Crippen LogP contribution in [0.25, 0.3) is 0 Å². The lowest BCUT2D eigenvalue weighted by atomic mass is 10.1. The fourth-order valence-electron chi connectivity index (χ4n) is 2.25. The first kappa shape index (κ1) is 13.4. The van der Waals surface area contributed by atoms with Gasteiger partial charge in [0.2, 0.25) is 0 Å². The van der Waals surface area contributed by atoms with Crippen LogP contribution in [0.3, 0.4) is 0 Å². The van der Waals surface area contributed by atoms with Gasteiger partial charge >= 0.3 is 5.97 Å². The van der Waals surface area contributed by atoms with Gasteiger partial charge in [0.25, 0.3) is 0 Å². The molecule has 5 heteroatoms. The van der Waals surface area contributed by atoms with E-state index in [1.54, 1.807) is 6.07 Å². The van der Waals surface area contributed by atoms with E-state index in [1.165, 1.54) is 0 Å². The smallest absolute Gasteiger partial charge is 0.306 e. The zero-order chi connectivity index (χ0) is 13.8. The summed E-state index contributed by atoms with van der Waals surface area (Å²) in [6.45, 7) is 3.63. The number of carbonyl (C=O) groups is 1. The van der Waals surface area contributed by atoms with Crippen molar-refractivity contribution in [1.82, 2.24) is 0 Å². The molecule has 1 heterocycles. The Hall–Kier alpha value is -2.06. The molecule has 1 aromatic rings. The van der Waals surface area contributed by atoms with Crippen molar-refractivity contribution in [2.24, 2.45) is 0 Å². The van der Waals surface area contributed by atoms with Crippen molar-refractivity contribution < 1.29 is 14.6 Å². The number of nitrogens with zero attached hydrogens (tertiary/aromatic N) is 2. The third-order valence-corrected chi connectivity index (χ3v) is 3.16. The number of anilines is 1. The predicted molar refractivity (Wildman–Crippen MR) is 70.1 cm³/mol. The minimum Gasteiger partial charge on any atom is -0.481 e. The van der Waals surface area contributed by atoms with Gasteiger partial charge in [0, 0.05) is 13.1 Å². The van der Waals surface area contributed by atoms with Crippen molar-refractivity contribution in [2.75, 3.05) is 24.6 Å². The van der Waals surface area contributed by atoms with Gasteiger partial charge in [0.1, 0.15) is 6.07 Å². The minimum absolute atomic E-state index is 0.00972. The van der Waals surface area contributed by atoms with E-state index in [1.807, 2.05) is 24.0 Å². The van der Waals surface area contributed by atoms with Gasteiger partial charge in [-0.3, -0.25) is 4.79 Å². The normalized spacial score (nSPS) is 18.9. The second-order valence-corrected chi connectivity index (χ2v) is 4.67.